The molecule has 2 heterocycles. The molecule has 2 rings (SSSR count). The van der Waals surface area contributed by atoms with Gasteiger partial charge in [0.25, 0.3) is 0 Å². The lowest BCUT2D eigenvalue weighted by molar-refractivity contribution is 0.507. The highest BCUT2D eigenvalue weighted by atomic mass is 79.9. The van der Waals surface area contributed by atoms with Gasteiger partial charge in [-0.3, -0.25) is 4.68 Å². The zero-order valence-electron chi connectivity index (χ0n) is 12.4. The predicted octanol–water partition coefficient (Wildman–Crippen LogP) is 3.63. The molecule has 0 saturated carbocycles. The maximum absolute atomic E-state index is 4.63. The van der Waals surface area contributed by atoms with Crippen molar-refractivity contribution in [1.82, 2.24) is 20.1 Å². The third-order valence-electron chi connectivity index (χ3n) is 3.29. The van der Waals surface area contributed by atoms with E-state index in [1.807, 2.05) is 13.8 Å². The molecule has 0 bridgehead atoms. The monoisotopic (exact) mass is 356 g/mol. The van der Waals surface area contributed by atoms with Crippen molar-refractivity contribution in [2.24, 2.45) is 0 Å². The summed E-state index contributed by atoms with van der Waals surface area (Å²) < 4.78 is 3.19. The van der Waals surface area contributed by atoms with Crippen LogP contribution in [0.25, 0.3) is 0 Å². The number of rotatable bonds is 6. The fourth-order valence-corrected chi connectivity index (χ4v) is 3.44. The van der Waals surface area contributed by atoms with Crippen molar-refractivity contribution >= 4 is 27.3 Å². The first kappa shape index (κ1) is 15.7. The van der Waals surface area contributed by atoms with Crippen molar-refractivity contribution in [1.29, 1.82) is 0 Å². The van der Waals surface area contributed by atoms with E-state index in [-0.39, 0.29) is 6.04 Å². The van der Waals surface area contributed by atoms with Gasteiger partial charge in [0, 0.05) is 18.3 Å². The minimum absolute atomic E-state index is 0.239. The highest BCUT2D eigenvalue weighted by Gasteiger charge is 2.20. The van der Waals surface area contributed by atoms with Crippen LogP contribution in [0.15, 0.2) is 9.85 Å². The molecule has 0 radical (unpaired) electrons. The number of hydrogen-bond donors (Lipinski definition) is 1. The summed E-state index contributed by atoms with van der Waals surface area (Å²) in [6.07, 6.45) is 0.895. The van der Waals surface area contributed by atoms with Crippen molar-refractivity contribution in [2.75, 3.05) is 6.54 Å². The lowest BCUT2D eigenvalue weighted by Crippen LogP contribution is -2.24. The Morgan fingerprint density at radius 1 is 1.40 bits per heavy atom. The largest absolute Gasteiger partial charge is 0.309 e. The summed E-state index contributed by atoms with van der Waals surface area (Å²) in [6, 6.07) is 0.239. The van der Waals surface area contributed by atoms with Gasteiger partial charge in [-0.25, -0.2) is 4.98 Å². The van der Waals surface area contributed by atoms with Crippen molar-refractivity contribution in [2.45, 2.75) is 46.7 Å². The van der Waals surface area contributed by atoms with Crippen LogP contribution in [0.3, 0.4) is 0 Å². The minimum atomic E-state index is 0.239. The fourth-order valence-electron chi connectivity index (χ4n) is 2.33. The minimum Gasteiger partial charge on any atom is -0.309 e. The van der Waals surface area contributed by atoms with Crippen molar-refractivity contribution in [3.63, 3.8) is 0 Å². The topological polar surface area (TPSA) is 42.7 Å². The van der Waals surface area contributed by atoms with Gasteiger partial charge in [0.15, 0.2) is 0 Å². The van der Waals surface area contributed by atoms with E-state index in [9.17, 15) is 0 Å². The van der Waals surface area contributed by atoms with Crippen LogP contribution in [0.5, 0.6) is 0 Å². The zero-order chi connectivity index (χ0) is 14.7. The quantitative estimate of drug-likeness (QED) is 0.859. The van der Waals surface area contributed by atoms with E-state index in [2.05, 4.69) is 55.2 Å². The molecule has 0 aromatic carbocycles. The Bertz CT molecular complexity index is 576. The number of hydrogen-bond acceptors (Lipinski definition) is 4. The predicted molar refractivity (Wildman–Crippen MR) is 87.3 cm³/mol. The molecule has 0 aliphatic heterocycles. The van der Waals surface area contributed by atoms with Gasteiger partial charge in [0.05, 0.1) is 32.6 Å². The molecule has 0 saturated heterocycles. The Hall–Kier alpha value is -0.720. The van der Waals surface area contributed by atoms with E-state index in [4.69, 9.17) is 0 Å². The fraction of sp³-hybridized carbons (Fsp3) is 0.571. The molecule has 1 unspecified atom stereocenters. The SMILES string of the molecule is CCNC(Cc1c(Br)c(C)nn1CC)c1csc(C)n1. The van der Waals surface area contributed by atoms with Crippen LogP contribution in [-0.4, -0.2) is 21.3 Å². The van der Waals surface area contributed by atoms with Crippen molar-refractivity contribution in [3.05, 3.63) is 31.9 Å². The Kier molecular flexibility index (Phi) is 5.35. The smallest absolute Gasteiger partial charge is 0.0898 e. The van der Waals surface area contributed by atoms with Gasteiger partial charge in [0.1, 0.15) is 0 Å². The second-order valence-corrected chi connectivity index (χ2v) is 6.62. The Balaban J connectivity index is 2.28. The Morgan fingerprint density at radius 3 is 2.70 bits per heavy atom. The molecule has 1 N–H and O–H groups in total. The summed E-state index contributed by atoms with van der Waals surface area (Å²) in [6.45, 7) is 10.2. The molecule has 20 heavy (non-hydrogen) atoms. The highest BCUT2D eigenvalue weighted by Crippen LogP contribution is 2.27. The molecule has 0 amide bonds. The van der Waals surface area contributed by atoms with Crippen LogP contribution < -0.4 is 5.32 Å². The molecular formula is C14H21BrN4S. The molecule has 0 aliphatic rings. The van der Waals surface area contributed by atoms with Crippen molar-refractivity contribution in [3.8, 4) is 0 Å². The molecule has 1 atom stereocenters. The van der Waals surface area contributed by atoms with E-state index in [1.54, 1.807) is 11.3 Å². The van der Waals surface area contributed by atoms with Gasteiger partial charge in [-0.15, -0.1) is 11.3 Å². The molecule has 0 aliphatic carbocycles. The van der Waals surface area contributed by atoms with Crippen LogP contribution in [0.2, 0.25) is 0 Å². The lowest BCUT2D eigenvalue weighted by Gasteiger charge is -2.17. The first-order chi connectivity index (χ1) is 9.56. The zero-order valence-corrected chi connectivity index (χ0v) is 14.8. The molecule has 0 fully saturated rings. The van der Waals surface area contributed by atoms with Gasteiger partial charge in [-0.1, -0.05) is 6.92 Å². The average Bonchev–Trinajstić information content (AvgIpc) is 2.96. The molecular weight excluding hydrogens is 336 g/mol. The van der Waals surface area contributed by atoms with Crippen LogP contribution in [0.4, 0.5) is 0 Å². The molecule has 0 spiro atoms. The maximum atomic E-state index is 4.63. The third-order valence-corrected chi connectivity index (χ3v) is 5.12. The number of thiazole rings is 1. The number of aromatic nitrogens is 3. The Morgan fingerprint density at radius 2 is 2.15 bits per heavy atom. The molecule has 6 heteroatoms. The molecule has 2 aromatic rings. The van der Waals surface area contributed by atoms with Crippen LogP contribution in [0, 0.1) is 13.8 Å². The molecule has 110 valence electrons. The number of nitrogens with zero attached hydrogens (tertiary/aromatic N) is 3. The van der Waals surface area contributed by atoms with E-state index in [1.165, 1.54) is 5.69 Å². The first-order valence-corrected chi connectivity index (χ1v) is 8.61. The van der Waals surface area contributed by atoms with Gasteiger partial charge in [-0.05, 0) is 43.2 Å². The second-order valence-electron chi connectivity index (χ2n) is 4.77. The van der Waals surface area contributed by atoms with Crippen LogP contribution >= 0.6 is 27.3 Å². The third kappa shape index (κ3) is 3.30. The van der Waals surface area contributed by atoms with Crippen molar-refractivity contribution < 1.29 is 0 Å². The lowest BCUT2D eigenvalue weighted by atomic mass is 10.1. The van der Waals surface area contributed by atoms with Gasteiger partial charge >= 0.3 is 0 Å². The van der Waals surface area contributed by atoms with Gasteiger partial charge in [0.2, 0.25) is 0 Å². The standard InChI is InChI=1S/C14H21BrN4S/c1-5-16-11(12-8-20-10(4)17-12)7-13-14(15)9(3)18-19(13)6-2/h8,11,16H,5-7H2,1-4H3. The van der Waals surface area contributed by atoms with E-state index < -0.39 is 0 Å². The Labute approximate surface area is 132 Å². The van der Waals surface area contributed by atoms with Crippen LogP contribution in [-0.2, 0) is 13.0 Å². The van der Waals surface area contributed by atoms with E-state index in [0.717, 1.165) is 40.4 Å². The number of halogens is 1. The van der Waals surface area contributed by atoms with Crippen LogP contribution in [0.1, 0.15) is 42.0 Å². The van der Waals surface area contributed by atoms with Gasteiger partial charge in [-0.2, -0.15) is 5.10 Å². The average molecular weight is 357 g/mol. The number of likely N-dealkylation sites (N-methyl/N-ethyl adjacent to an activating group) is 1. The summed E-state index contributed by atoms with van der Waals surface area (Å²) in [7, 11) is 0. The normalized spacial score (nSPS) is 12.8. The highest BCUT2D eigenvalue weighted by molar-refractivity contribution is 9.10. The van der Waals surface area contributed by atoms with E-state index >= 15 is 0 Å². The van der Waals surface area contributed by atoms with Gasteiger partial charge < -0.3 is 5.32 Å². The second kappa shape index (κ2) is 6.83. The summed E-state index contributed by atoms with van der Waals surface area (Å²) in [4.78, 5) is 4.63. The molecule has 2 aromatic heterocycles. The number of nitrogens with one attached hydrogen (secondary N) is 1. The summed E-state index contributed by atoms with van der Waals surface area (Å²) in [5, 5.41) is 11.4. The maximum Gasteiger partial charge on any atom is 0.0898 e. The first-order valence-electron chi connectivity index (χ1n) is 6.94. The summed E-state index contributed by atoms with van der Waals surface area (Å²) in [5.74, 6) is 0. The summed E-state index contributed by atoms with van der Waals surface area (Å²) in [5.41, 5.74) is 3.41. The molecule has 4 nitrogen and oxygen atoms in total. The summed E-state index contributed by atoms with van der Waals surface area (Å²) >= 11 is 5.37. The number of aryl methyl sites for hydroxylation is 3. The van der Waals surface area contributed by atoms with E-state index in [0.29, 0.717) is 0 Å².